The van der Waals surface area contributed by atoms with Gasteiger partial charge in [0, 0.05) is 10.6 Å². The molecule has 2 N–H and O–H groups in total. The third kappa shape index (κ3) is 5.00. The van der Waals surface area contributed by atoms with E-state index in [1.807, 2.05) is 19.1 Å². The van der Waals surface area contributed by atoms with Crippen molar-refractivity contribution in [2.45, 2.75) is 20.0 Å². The summed E-state index contributed by atoms with van der Waals surface area (Å²) < 4.78 is 5.44. The molecule has 0 spiro atoms. The van der Waals surface area contributed by atoms with Crippen LogP contribution in [0.2, 0.25) is 5.02 Å². The van der Waals surface area contributed by atoms with Crippen molar-refractivity contribution in [3.63, 3.8) is 0 Å². The fraction of sp³-hybridized carbons (Fsp3) is 0.176. The minimum atomic E-state index is -0.844. The number of halogens is 1. The van der Waals surface area contributed by atoms with E-state index in [2.05, 4.69) is 5.16 Å². The summed E-state index contributed by atoms with van der Waals surface area (Å²) >= 11 is 5.85. The monoisotopic (exact) mass is 332 g/mol. The molecule has 0 aromatic heterocycles. The number of rotatable bonds is 5. The lowest BCUT2D eigenvalue weighted by Crippen LogP contribution is -2.26. The fourth-order valence-corrected chi connectivity index (χ4v) is 1.92. The Morgan fingerprint density at radius 2 is 1.91 bits per heavy atom. The smallest absolute Gasteiger partial charge is 0.374 e. The number of aryl methyl sites for hydroxylation is 1. The first-order valence-electron chi connectivity index (χ1n) is 6.99. The molecule has 0 aliphatic rings. The van der Waals surface area contributed by atoms with Crippen molar-refractivity contribution in [3.05, 3.63) is 64.7 Å². The van der Waals surface area contributed by atoms with Gasteiger partial charge in [-0.05, 0) is 32.0 Å². The average Bonchev–Trinajstić information content (AvgIpc) is 2.53. The summed E-state index contributed by atoms with van der Waals surface area (Å²) in [4.78, 5) is 16.7. The standard InChI is InChI=1S/C17H17ClN2O3/c1-11-6-8-13(9-7-11)16(19)20-23-17(21)12(2)22-15-5-3-4-14(18)10-15/h3-10,12H,1-2H3,(H2,19,20). The van der Waals surface area contributed by atoms with Crippen molar-refractivity contribution in [1.29, 1.82) is 0 Å². The summed E-state index contributed by atoms with van der Waals surface area (Å²) in [5.41, 5.74) is 7.55. The quantitative estimate of drug-likeness (QED) is 0.394. The number of ether oxygens (including phenoxy) is 1. The molecular weight excluding hydrogens is 316 g/mol. The molecule has 6 heteroatoms. The van der Waals surface area contributed by atoms with E-state index in [1.54, 1.807) is 43.3 Å². The van der Waals surface area contributed by atoms with Crippen LogP contribution < -0.4 is 10.5 Å². The Morgan fingerprint density at radius 1 is 1.22 bits per heavy atom. The number of amidine groups is 1. The third-order valence-electron chi connectivity index (χ3n) is 3.02. The zero-order valence-electron chi connectivity index (χ0n) is 12.8. The number of benzene rings is 2. The topological polar surface area (TPSA) is 73.9 Å². The molecule has 23 heavy (non-hydrogen) atoms. The van der Waals surface area contributed by atoms with Crippen LogP contribution in [-0.4, -0.2) is 17.9 Å². The van der Waals surface area contributed by atoms with Crippen LogP contribution in [0.3, 0.4) is 0 Å². The highest BCUT2D eigenvalue weighted by molar-refractivity contribution is 6.30. The molecule has 2 aromatic carbocycles. The van der Waals surface area contributed by atoms with E-state index in [-0.39, 0.29) is 5.84 Å². The molecular formula is C17H17ClN2O3. The Bertz CT molecular complexity index is 714. The maximum atomic E-state index is 11.9. The predicted molar refractivity (Wildman–Crippen MR) is 89.5 cm³/mol. The molecule has 0 aliphatic heterocycles. The number of hydrogen-bond acceptors (Lipinski definition) is 4. The molecule has 1 atom stereocenters. The highest BCUT2D eigenvalue weighted by Gasteiger charge is 2.17. The highest BCUT2D eigenvalue weighted by atomic mass is 35.5. The third-order valence-corrected chi connectivity index (χ3v) is 3.26. The van der Waals surface area contributed by atoms with Crippen molar-refractivity contribution < 1.29 is 14.4 Å². The number of nitrogens with two attached hydrogens (primary N) is 1. The average molecular weight is 333 g/mol. The Balaban J connectivity index is 1.95. The van der Waals surface area contributed by atoms with Crippen LogP contribution in [-0.2, 0) is 9.63 Å². The van der Waals surface area contributed by atoms with E-state index >= 15 is 0 Å². The Morgan fingerprint density at radius 3 is 2.57 bits per heavy atom. The lowest BCUT2D eigenvalue weighted by atomic mass is 10.1. The van der Waals surface area contributed by atoms with E-state index in [0.29, 0.717) is 16.3 Å². The van der Waals surface area contributed by atoms with Gasteiger partial charge >= 0.3 is 5.97 Å². The molecule has 1 unspecified atom stereocenters. The molecule has 2 aromatic rings. The number of hydrogen-bond donors (Lipinski definition) is 1. The summed E-state index contributed by atoms with van der Waals surface area (Å²) in [5, 5.41) is 4.16. The van der Waals surface area contributed by atoms with Gasteiger partial charge < -0.3 is 15.3 Å². The van der Waals surface area contributed by atoms with Crippen LogP contribution in [0.4, 0.5) is 0 Å². The van der Waals surface area contributed by atoms with Crippen molar-refractivity contribution in [2.75, 3.05) is 0 Å². The lowest BCUT2D eigenvalue weighted by Gasteiger charge is -2.12. The molecule has 5 nitrogen and oxygen atoms in total. The van der Waals surface area contributed by atoms with Gasteiger partial charge in [0.05, 0.1) is 0 Å². The zero-order chi connectivity index (χ0) is 16.8. The van der Waals surface area contributed by atoms with E-state index in [1.165, 1.54) is 0 Å². The second-order valence-corrected chi connectivity index (χ2v) is 5.41. The molecule has 0 amide bonds. The summed E-state index contributed by atoms with van der Waals surface area (Å²) in [6.45, 7) is 3.52. The van der Waals surface area contributed by atoms with E-state index in [0.717, 1.165) is 5.56 Å². The van der Waals surface area contributed by atoms with Crippen LogP contribution in [0.25, 0.3) is 0 Å². The van der Waals surface area contributed by atoms with Gasteiger partial charge in [0.1, 0.15) is 5.75 Å². The fourth-order valence-electron chi connectivity index (χ4n) is 1.74. The Kier molecular flexibility index (Phi) is 5.60. The largest absolute Gasteiger partial charge is 0.479 e. The van der Waals surface area contributed by atoms with Crippen molar-refractivity contribution in [2.24, 2.45) is 10.9 Å². The Hall–Kier alpha value is -2.53. The maximum Gasteiger partial charge on any atom is 0.374 e. The van der Waals surface area contributed by atoms with Gasteiger partial charge in [-0.2, -0.15) is 0 Å². The van der Waals surface area contributed by atoms with Crippen LogP contribution >= 0.6 is 11.6 Å². The molecule has 0 bridgehead atoms. The first-order chi connectivity index (χ1) is 11.0. The Labute approximate surface area is 139 Å². The number of nitrogens with zero attached hydrogens (tertiary/aromatic N) is 1. The van der Waals surface area contributed by atoms with Crippen LogP contribution in [0.15, 0.2) is 53.7 Å². The van der Waals surface area contributed by atoms with Crippen LogP contribution in [0, 0.1) is 6.92 Å². The van der Waals surface area contributed by atoms with Gasteiger partial charge in [-0.25, -0.2) is 4.79 Å². The van der Waals surface area contributed by atoms with Gasteiger partial charge in [-0.15, -0.1) is 0 Å². The summed E-state index contributed by atoms with van der Waals surface area (Å²) in [7, 11) is 0. The van der Waals surface area contributed by atoms with Gasteiger partial charge in [0.15, 0.2) is 11.9 Å². The second kappa shape index (κ2) is 7.65. The molecule has 0 saturated carbocycles. The molecule has 2 rings (SSSR count). The molecule has 0 fully saturated rings. The molecule has 0 aliphatic carbocycles. The second-order valence-electron chi connectivity index (χ2n) is 4.97. The van der Waals surface area contributed by atoms with E-state index in [4.69, 9.17) is 26.9 Å². The maximum absolute atomic E-state index is 11.9. The normalized spacial score (nSPS) is 12.6. The summed E-state index contributed by atoms with van der Waals surface area (Å²) in [6, 6.07) is 14.1. The van der Waals surface area contributed by atoms with Gasteiger partial charge in [0.25, 0.3) is 0 Å². The van der Waals surface area contributed by atoms with Crippen molar-refractivity contribution in [3.8, 4) is 5.75 Å². The highest BCUT2D eigenvalue weighted by Crippen LogP contribution is 2.18. The minimum absolute atomic E-state index is 0.119. The zero-order valence-corrected chi connectivity index (χ0v) is 13.6. The van der Waals surface area contributed by atoms with E-state index in [9.17, 15) is 4.79 Å². The summed E-state index contributed by atoms with van der Waals surface area (Å²) in [5.74, 6) is -0.0641. The first kappa shape index (κ1) is 16.8. The summed E-state index contributed by atoms with van der Waals surface area (Å²) in [6.07, 6.45) is -0.844. The molecule has 120 valence electrons. The number of carbonyl (C=O) groups is 1. The molecule has 0 heterocycles. The molecule has 0 radical (unpaired) electrons. The molecule has 0 saturated heterocycles. The minimum Gasteiger partial charge on any atom is -0.479 e. The van der Waals surface area contributed by atoms with E-state index < -0.39 is 12.1 Å². The number of carbonyl (C=O) groups excluding carboxylic acids is 1. The van der Waals surface area contributed by atoms with Gasteiger partial charge in [-0.1, -0.05) is 52.7 Å². The predicted octanol–water partition coefficient (Wildman–Crippen LogP) is 3.28. The van der Waals surface area contributed by atoms with Gasteiger partial charge in [0.2, 0.25) is 0 Å². The number of oxime groups is 1. The lowest BCUT2D eigenvalue weighted by molar-refractivity contribution is -0.151. The van der Waals surface area contributed by atoms with Crippen molar-refractivity contribution >= 4 is 23.4 Å². The SMILES string of the molecule is Cc1ccc(/C(N)=N/OC(=O)C(C)Oc2cccc(Cl)c2)cc1. The van der Waals surface area contributed by atoms with Crippen LogP contribution in [0.1, 0.15) is 18.1 Å². The van der Waals surface area contributed by atoms with Crippen LogP contribution in [0.5, 0.6) is 5.75 Å². The van der Waals surface area contributed by atoms with Gasteiger partial charge in [-0.3, -0.25) is 0 Å². The van der Waals surface area contributed by atoms with Crippen molar-refractivity contribution in [1.82, 2.24) is 0 Å². The first-order valence-corrected chi connectivity index (χ1v) is 7.37.